The fourth-order valence-electron chi connectivity index (χ4n) is 4.45. The average Bonchev–Trinajstić information content (AvgIpc) is 3.25. The van der Waals surface area contributed by atoms with Crippen LogP contribution in [0.5, 0.6) is 0 Å². The Kier molecular flexibility index (Phi) is 4.37. The number of nitrogens with zero attached hydrogens (tertiary/aromatic N) is 1. The molecule has 1 saturated carbocycles. The number of hydrogen-bond donors (Lipinski definition) is 1. The summed E-state index contributed by atoms with van der Waals surface area (Å²) in [5.41, 5.74) is 1.31. The highest BCUT2D eigenvalue weighted by Gasteiger charge is 2.52. The zero-order chi connectivity index (χ0) is 18.3. The maximum Gasteiger partial charge on any atom is 0.254 e. The van der Waals surface area contributed by atoms with Crippen LogP contribution in [0.3, 0.4) is 0 Å². The number of aryl methyl sites for hydroxylation is 1. The van der Waals surface area contributed by atoms with E-state index in [4.69, 9.17) is 9.15 Å². The first kappa shape index (κ1) is 17.3. The zero-order valence-electron chi connectivity index (χ0n) is 15.3. The van der Waals surface area contributed by atoms with Gasteiger partial charge in [-0.1, -0.05) is 12.1 Å². The van der Waals surface area contributed by atoms with Crippen LogP contribution in [0.15, 0.2) is 40.8 Å². The van der Waals surface area contributed by atoms with Gasteiger partial charge in [-0.25, -0.2) is 0 Å². The second-order valence-corrected chi connectivity index (χ2v) is 7.45. The van der Waals surface area contributed by atoms with Gasteiger partial charge in [-0.15, -0.1) is 0 Å². The van der Waals surface area contributed by atoms with Crippen molar-refractivity contribution in [1.82, 2.24) is 4.90 Å². The monoisotopic (exact) mass is 355 g/mol. The summed E-state index contributed by atoms with van der Waals surface area (Å²) in [6.07, 6.45) is 2.60. The van der Waals surface area contributed by atoms with Crippen molar-refractivity contribution in [3.8, 4) is 11.3 Å². The van der Waals surface area contributed by atoms with Crippen molar-refractivity contribution >= 4 is 5.91 Å². The smallest absolute Gasteiger partial charge is 0.254 e. The summed E-state index contributed by atoms with van der Waals surface area (Å²) in [6, 6.07) is 11.3. The Morgan fingerprint density at radius 2 is 2.00 bits per heavy atom. The first-order valence-electron chi connectivity index (χ1n) is 9.23. The number of furan rings is 1. The highest BCUT2D eigenvalue weighted by molar-refractivity contribution is 5.95. The number of hydrogen-bond acceptors (Lipinski definition) is 4. The molecule has 2 aliphatic rings. The van der Waals surface area contributed by atoms with Crippen molar-refractivity contribution in [1.29, 1.82) is 0 Å². The van der Waals surface area contributed by atoms with Crippen molar-refractivity contribution in [3.05, 3.63) is 47.7 Å². The van der Waals surface area contributed by atoms with Crippen molar-refractivity contribution < 1.29 is 19.1 Å². The van der Waals surface area contributed by atoms with Gasteiger partial charge in [0.05, 0.1) is 17.7 Å². The summed E-state index contributed by atoms with van der Waals surface area (Å²) in [6.45, 7) is 2.58. The molecule has 5 nitrogen and oxygen atoms in total. The lowest BCUT2D eigenvalue weighted by atomic mass is 9.79. The molecule has 0 radical (unpaired) electrons. The lowest BCUT2D eigenvalue weighted by Crippen LogP contribution is -2.52. The number of carbonyl (C=O) groups is 1. The molecule has 138 valence electrons. The van der Waals surface area contributed by atoms with Gasteiger partial charge >= 0.3 is 0 Å². The van der Waals surface area contributed by atoms with Crippen LogP contribution >= 0.6 is 0 Å². The molecular formula is C21H25NO4. The van der Waals surface area contributed by atoms with Crippen LogP contribution in [0.25, 0.3) is 11.3 Å². The van der Waals surface area contributed by atoms with Crippen molar-refractivity contribution in [2.75, 3.05) is 13.7 Å². The lowest BCUT2D eigenvalue weighted by molar-refractivity contribution is -0.0824. The molecule has 5 heteroatoms. The molecule has 1 aromatic heterocycles. The van der Waals surface area contributed by atoms with Crippen molar-refractivity contribution in [2.24, 2.45) is 0 Å². The molecule has 0 spiro atoms. The minimum Gasteiger partial charge on any atom is -0.461 e. The molecule has 2 fully saturated rings. The summed E-state index contributed by atoms with van der Waals surface area (Å²) in [4.78, 5) is 15.0. The van der Waals surface area contributed by atoms with E-state index in [0.717, 1.165) is 36.3 Å². The molecule has 3 atom stereocenters. The van der Waals surface area contributed by atoms with Gasteiger partial charge in [-0.2, -0.15) is 0 Å². The van der Waals surface area contributed by atoms with Crippen molar-refractivity contribution in [3.63, 3.8) is 0 Å². The molecule has 26 heavy (non-hydrogen) atoms. The molecule has 2 aromatic rings. The molecule has 1 N–H and O–H groups in total. The summed E-state index contributed by atoms with van der Waals surface area (Å²) >= 11 is 0. The molecule has 0 bridgehead atoms. The van der Waals surface area contributed by atoms with E-state index in [0.29, 0.717) is 18.5 Å². The minimum absolute atomic E-state index is 0.00482. The quantitative estimate of drug-likeness (QED) is 0.917. The second kappa shape index (κ2) is 6.56. The highest BCUT2D eigenvalue weighted by atomic mass is 16.5. The van der Waals surface area contributed by atoms with Gasteiger partial charge in [0.1, 0.15) is 11.5 Å². The van der Waals surface area contributed by atoms with Gasteiger partial charge in [-0.05, 0) is 56.9 Å². The van der Waals surface area contributed by atoms with Crippen LogP contribution < -0.4 is 0 Å². The Bertz CT molecular complexity index is 797. The predicted octanol–water partition coefficient (Wildman–Crippen LogP) is 3.40. The van der Waals surface area contributed by atoms with Crippen LogP contribution in [0.1, 0.15) is 41.8 Å². The fourth-order valence-corrected chi connectivity index (χ4v) is 4.45. The van der Waals surface area contributed by atoms with E-state index in [1.54, 1.807) is 7.11 Å². The number of benzene rings is 1. The van der Waals surface area contributed by atoms with E-state index in [1.165, 1.54) is 0 Å². The largest absolute Gasteiger partial charge is 0.461 e. The Labute approximate surface area is 153 Å². The third-order valence-corrected chi connectivity index (χ3v) is 5.98. The molecule has 1 aromatic carbocycles. The molecule has 1 saturated heterocycles. The number of carbonyl (C=O) groups excluding carboxylic acids is 1. The van der Waals surface area contributed by atoms with E-state index < -0.39 is 0 Å². The van der Waals surface area contributed by atoms with Crippen molar-refractivity contribution in [2.45, 2.75) is 50.4 Å². The number of ether oxygens (including phenoxy) is 1. The Morgan fingerprint density at radius 3 is 2.65 bits per heavy atom. The van der Waals surface area contributed by atoms with Gasteiger partial charge in [0.15, 0.2) is 0 Å². The average molecular weight is 355 g/mol. The molecule has 1 aliphatic heterocycles. The Hall–Kier alpha value is -2.11. The third kappa shape index (κ3) is 2.85. The second-order valence-electron chi connectivity index (χ2n) is 7.45. The Morgan fingerprint density at radius 1 is 1.23 bits per heavy atom. The molecule has 4 rings (SSSR count). The topological polar surface area (TPSA) is 62.9 Å². The van der Waals surface area contributed by atoms with E-state index >= 15 is 0 Å². The number of fused-ring (bicyclic) bond motifs is 1. The predicted molar refractivity (Wildman–Crippen MR) is 97.9 cm³/mol. The standard InChI is InChI=1S/C21H25NO4/c1-14-3-8-18(26-14)15-4-6-16(7-5-15)20(24)22-12-11-21(25-2)10-9-17(23)13-19(21)22/h3-8,17,19,23H,9-13H2,1-2H3/t17-,19-,21+/m0/s1. The lowest BCUT2D eigenvalue weighted by Gasteiger charge is -2.42. The summed E-state index contributed by atoms with van der Waals surface area (Å²) < 4.78 is 11.5. The molecule has 2 heterocycles. The van der Waals surface area contributed by atoms with Gasteiger partial charge in [-0.3, -0.25) is 4.79 Å². The fraction of sp³-hybridized carbons (Fsp3) is 0.476. The normalized spacial score (nSPS) is 28.2. The van der Waals surface area contributed by atoms with Gasteiger partial charge in [0, 0.05) is 24.8 Å². The molecule has 1 amide bonds. The maximum absolute atomic E-state index is 13.1. The van der Waals surface area contributed by atoms with Crippen LogP contribution in [-0.2, 0) is 4.74 Å². The van der Waals surface area contributed by atoms with E-state index in [1.807, 2.05) is 48.2 Å². The minimum atomic E-state index is -0.360. The van der Waals surface area contributed by atoms with E-state index in [-0.39, 0.29) is 23.7 Å². The third-order valence-electron chi connectivity index (χ3n) is 5.98. The number of rotatable bonds is 3. The number of likely N-dealkylation sites (tertiary alicyclic amines) is 1. The summed E-state index contributed by atoms with van der Waals surface area (Å²) in [5.74, 6) is 1.67. The molecule has 0 unspecified atom stereocenters. The van der Waals surface area contributed by atoms with Crippen LogP contribution in [0.2, 0.25) is 0 Å². The van der Waals surface area contributed by atoms with Crippen LogP contribution in [-0.4, -0.2) is 47.3 Å². The summed E-state index contributed by atoms with van der Waals surface area (Å²) in [5, 5.41) is 10.1. The number of aliphatic hydroxyl groups is 1. The number of aliphatic hydroxyl groups excluding tert-OH is 1. The van der Waals surface area contributed by atoms with Crippen LogP contribution in [0, 0.1) is 6.92 Å². The van der Waals surface area contributed by atoms with E-state index in [2.05, 4.69) is 0 Å². The number of amides is 1. The SMILES string of the molecule is CO[C@@]12CC[C@H](O)C[C@@H]1N(C(=O)c1ccc(-c3ccc(C)o3)cc1)CC2. The number of methoxy groups -OCH3 is 1. The molecular weight excluding hydrogens is 330 g/mol. The van der Waals surface area contributed by atoms with Crippen LogP contribution in [0.4, 0.5) is 0 Å². The Balaban J connectivity index is 1.55. The highest BCUT2D eigenvalue weighted by Crippen LogP contribution is 2.43. The zero-order valence-corrected chi connectivity index (χ0v) is 15.3. The van der Waals surface area contributed by atoms with E-state index in [9.17, 15) is 9.90 Å². The maximum atomic E-state index is 13.1. The van der Waals surface area contributed by atoms with Gasteiger partial charge < -0.3 is 19.2 Å². The summed E-state index contributed by atoms with van der Waals surface area (Å²) in [7, 11) is 1.72. The van der Waals surface area contributed by atoms with Gasteiger partial charge in [0.25, 0.3) is 5.91 Å². The first-order valence-corrected chi connectivity index (χ1v) is 9.23. The first-order chi connectivity index (χ1) is 12.5. The molecule has 1 aliphatic carbocycles. The van der Waals surface area contributed by atoms with Gasteiger partial charge in [0.2, 0.25) is 0 Å².